The molecule has 1 saturated carbocycles. The molecule has 1 aromatic heterocycles. The highest BCUT2D eigenvalue weighted by molar-refractivity contribution is 7.09. The van der Waals surface area contributed by atoms with Crippen LogP contribution in [0.1, 0.15) is 28.3 Å². The molecule has 0 saturated heterocycles. The number of aromatic nitrogens is 1. The van der Waals surface area contributed by atoms with Crippen LogP contribution in [0.3, 0.4) is 0 Å². The highest BCUT2D eigenvalue weighted by Crippen LogP contribution is 2.28. The summed E-state index contributed by atoms with van der Waals surface area (Å²) in [6.45, 7) is 1.41. The van der Waals surface area contributed by atoms with Crippen LogP contribution in [0.5, 0.6) is 0 Å². The molecule has 0 radical (unpaired) electrons. The Morgan fingerprint density at radius 1 is 1.37 bits per heavy atom. The molecule has 0 aliphatic heterocycles. The van der Waals surface area contributed by atoms with Crippen LogP contribution in [-0.2, 0) is 11.2 Å². The molecule has 0 aromatic carbocycles. The zero-order chi connectivity index (χ0) is 13.7. The van der Waals surface area contributed by atoms with Crippen molar-refractivity contribution in [1.82, 2.24) is 15.6 Å². The molecule has 0 atom stereocenters. The lowest BCUT2D eigenvalue weighted by molar-refractivity contribution is -0.122. The molecule has 0 spiro atoms. The highest BCUT2D eigenvalue weighted by Gasteiger charge is 2.28. The summed E-state index contributed by atoms with van der Waals surface area (Å²) >= 11 is 1.44. The molecule has 104 valence electrons. The molecule has 7 heteroatoms. The Hall–Kier alpha value is -1.47. The van der Waals surface area contributed by atoms with E-state index in [2.05, 4.69) is 15.6 Å². The van der Waals surface area contributed by atoms with Crippen LogP contribution in [0.2, 0.25) is 0 Å². The standard InChI is InChI=1S/C12H18N4O2S/c13-4-3-10-16-9(7-19-10)12(18)15-6-5-14-11(17)8-1-2-8/h7-8H,1-6,13H2,(H,14,17)(H,15,18). The van der Waals surface area contributed by atoms with Gasteiger partial charge in [-0.25, -0.2) is 4.98 Å². The van der Waals surface area contributed by atoms with Gasteiger partial charge in [-0.2, -0.15) is 0 Å². The van der Waals surface area contributed by atoms with Crippen LogP contribution in [0, 0.1) is 5.92 Å². The third-order valence-electron chi connectivity index (χ3n) is 2.80. The number of hydrogen-bond donors (Lipinski definition) is 3. The highest BCUT2D eigenvalue weighted by atomic mass is 32.1. The smallest absolute Gasteiger partial charge is 0.270 e. The lowest BCUT2D eigenvalue weighted by Crippen LogP contribution is -2.35. The van der Waals surface area contributed by atoms with Crippen molar-refractivity contribution in [3.8, 4) is 0 Å². The van der Waals surface area contributed by atoms with E-state index in [1.165, 1.54) is 11.3 Å². The summed E-state index contributed by atoms with van der Waals surface area (Å²) < 4.78 is 0. The largest absolute Gasteiger partial charge is 0.354 e. The second-order valence-corrected chi connectivity index (χ2v) is 5.43. The average Bonchev–Trinajstić information content (AvgIpc) is 3.15. The molecule has 1 aromatic rings. The Morgan fingerprint density at radius 2 is 2.11 bits per heavy atom. The van der Waals surface area contributed by atoms with E-state index < -0.39 is 0 Å². The summed E-state index contributed by atoms with van der Waals surface area (Å²) in [5.41, 5.74) is 5.85. The topological polar surface area (TPSA) is 97.1 Å². The first-order valence-electron chi connectivity index (χ1n) is 6.41. The van der Waals surface area contributed by atoms with Crippen molar-refractivity contribution >= 4 is 23.2 Å². The van der Waals surface area contributed by atoms with E-state index in [0.717, 1.165) is 17.8 Å². The number of hydrogen-bond acceptors (Lipinski definition) is 5. The first-order valence-corrected chi connectivity index (χ1v) is 7.29. The number of thiazole rings is 1. The van der Waals surface area contributed by atoms with E-state index in [-0.39, 0.29) is 17.7 Å². The Labute approximate surface area is 115 Å². The summed E-state index contributed by atoms with van der Waals surface area (Å²) in [6, 6.07) is 0. The average molecular weight is 282 g/mol. The van der Waals surface area contributed by atoms with Crippen LogP contribution in [0.15, 0.2) is 5.38 Å². The molecule has 2 rings (SSSR count). The van der Waals surface area contributed by atoms with E-state index in [1.54, 1.807) is 5.38 Å². The van der Waals surface area contributed by atoms with Gasteiger partial charge in [-0.05, 0) is 19.4 Å². The van der Waals surface area contributed by atoms with Crippen LogP contribution < -0.4 is 16.4 Å². The minimum absolute atomic E-state index is 0.0909. The first kappa shape index (κ1) is 14.0. The van der Waals surface area contributed by atoms with Crippen molar-refractivity contribution in [2.45, 2.75) is 19.3 Å². The fourth-order valence-electron chi connectivity index (χ4n) is 1.60. The monoisotopic (exact) mass is 282 g/mol. The number of amides is 2. The Morgan fingerprint density at radius 3 is 2.79 bits per heavy atom. The third-order valence-corrected chi connectivity index (χ3v) is 3.71. The third kappa shape index (κ3) is 4.29. The molecule has 1 aliphatic carbocycles. The van der Waals surface area contributed by atoms with Crippen LogP contribution in [0.4, 0.5) is 0 Å². The molecule has 4 N–H and O–H groups in total. The fourth-order valence-corrected chi connectivity index (χ4v) is 2.39. The SMILES string of the molecule is NCCc1nc(C(=O)NCCNC(=O)C2CC2)cs1. The zero-order valence-corrected chi connectivity index (χ0v) is 11.5. The predicted molar refractivity (Wildman–Crippen MR) is 72.9 cm³/mol. The Bertz CT molecular complexity index is 456. The quantitative estimate of drug-likeness (QED) is 0.608. The fraction of sp³-hybridized carbons (Fsp3) is 0.583. The van der Waals surface area contributed by atoms with Crippen LogP contribution in [-0.4, -0.2) is 36.4 Å². The van der Waals surface area contributed by atoms with Crippen molar-refractivity contribution in [1.29, 1.82) is 0 Å². The van der Waals surface area contributed by atoms with E-state index in [4.69, 9.17) is 5.73 Å². The van der Waals surface area contributed by atoms with E-state index in [0.29, 0.717) is 31.7 Å². The number of rotatable bonds is 7. The second-order valence-electron chi connectivity index (χ2n) is 4.49. The van der Waals surface area contributed by atoms with Crippen molar-refractivity contribution in [2.75, 3.05) is 19.6 Å². The van der Waals surface area contributed by atoms with Gasteiger partial charge < -0.3 is 16.4 Å². The van der Waals surface area contributed by atoms with Crippen molar-refractivity contribution in [3.05, 3.63) is 16.1 Å². The number of carbonyl (C=O) groups is 2. The summed E-state index contributed by atoms with van der Waals surface area (Å²) in [7, 11) is 0. The maximum absolute atomic E-state index is 11.7. The van der Waals surface area contributed by atoms with Gasteiger partial charge in [-0.15, -0.1) is 11.3 Å². The van der Waals surface area contributed by atoms with Gasteiger partial charge >= 0.3 is 0 Å². The second kappa shape index (κ2) is 6.63. The molecule has 1 heterocycles. The Kier molecular flexibility index (Phi) is 4.86. The molecule has 2 amide bonds. The molecule has 1 fully saturated rings. The number of nitrogens with two attached hydrogens (primary N) is 1. The maximum atomic E-state index is 11.7. The summed E-state index contributed by atoms with van der Waals surface area (Å²) in [5.74, 6) is 0.0846. The predicted octanol–water partition coefficient (Wildman–Crippen LogP) is -0.0997. The van der Waals surface area contributed by atoms with Gasteiger partial charge in [0.25, 0.3) is 5.91 Å². The van der Waals surface area contributed by atoms with Crippen molar-refractivity contribution in [2.24, 2.45) is 11.7 Å². The normalized spacial score (nSPS) is 14.2. The van der Waals surface area contributed by atoms with E-state index in [1.807, 2.05) is 0 Å². The van der Waals surface area contributed by atoms with E-state index in [9.17, 15) is 9.59 Å². The van der Waals surface area contributed by atoms with Gasteiger partial charge in [0.2, 0.25) is 5.91 Å². The molecule has 6 nitrogen and oxygen atoms in total. The van der Waals surface area contributed by atoms with Crippen LogP contribution in [0.25, 0.3) is 0 Å². The lowest BCUT2D eigenvalue weighted by Gasteiger charge is -2.05. The van der Waals surface area contributed by atoms with E-state index >= 15 is 0 Å². The minimum atomic E-state index is -0.208. The number of nitrogens with zero attached hydrogens (tertiary/aromatic N) is 1. The molecule has 0 bridgehead atoms. The Balaban J connectivity index is 1.66. The van der Waals surface area contributed by atoms with Gasteiger partial charge in [0.15, 0.2) is 0 Å². The molecule has 0 unspecified atom stereocenters. The van der Waals surface area contributed by atoms with Crippen LogP contribution >= 0.6 is 11.3 Å². The lowest BCUT2D eigenvalue weighted by atomic mass is 10.4. The van der Waals surface area contributed by atoms with Gasteiger partial charge in [-0.1, -0.05) is 0 Å². The molecular formula is C12H18N4O2S. The molecular weight excluding hydrogens is 264 g/mol. The molecule has 1 aliphatic rings. The summed E-state index contributed by atoms with van der Waals surface area (Å²) in [6.07, 6.45) is 2.66. The first-order chi connectivity index (χ1) is 9.20. The van der Waals surface area contributed by atoms with Gasteiger partial charge in [0.05, 0.1) is 5.01 Å². The van der Waals surface area contributed by atoms with Gasteiger partial charge in [0, 0.05) is 30.8 Å². The van der Waals surface area contributed by atoms with Gasteiger partial charge in [0.1, 0.15) is 5.69 Å². The van der Waals surface area contributed by atoms with Gasteiger partial charge in [-0.3, -0.25) is 9.59 Å². The minimum Gasteiger partial charge on any atom is -0.354 e. The number of nitrogens with one attached hydrogen (secondary N) is 2. The maximum Gasteiger partial charge on any atom is 0.270 e. The zero-order valence-electron chi connectivity index (χ0n) is 10.6. The molecule has 19 heavy (non-hydrogen) atoms. The van der Waals surface area contributed by atoms with Crippen molar-refractivity contribution < 1.29 is 9.59 Å². The summed E-state index contributed by atoms with van der Waals surface area (Å²) in [4.78, 5) is 27.3. The summed E-state index contributed by atoms with van der Waals surface area (Å²) in [5, 5.41) is 8.11. The number of carbonyl (C=O) groups excluding carboxylic acids is 2. The van der Waals surface area contributed by atoms with Crippen molar-refractivity contribution in [3.63, 3.8) is 0 Å².